The molecule has 0 aliphatic carbocycles. The molecule has 1 nitrogen and oxygen atoms in total. The van der Waals surface area contributed by atoms with Gasteiger partial charge in [0.15, 0.2) is 0 Å². The van der Waals surface area contributed by atoms with Gasteiger partial charge in [-0.05, 0) is 19.6 Å². The Hall–Kier alpha value is 0.310. The summed E-state index contributed by atoms with van der Waals surface area (Å²) in [5, 5.41) is 0.252. The topological polar surface area (TPSA) is 26.0 Å². The van der Waals surface area contributed by atoms with Gasteiger partial charge in [-0.15, -0.1) is 11.8 Å². The zero-order valence-corrected chi connectivity index (χ0v) is 4.79. The van der Waals surface area contributed by atoms with Crippen molar-refractivity contribution in [3.63, 3.8) is 0 Å². The molecule has 1 unspecified atom stereocenters. The Labute approximate surface area is 43.3 Å². The highest BCUT2D eigenvalue weighted by molar-refractivity contribution is 7.99. The van der Waals surface area contributed by atoms with E-state index in [-0.39, 0.29) is 5.37 Å². The first-order valence-corrected chi connectivity index (χ1v) is 2.98. The van der Waals surface area contributed by atoms with Crippen LogP contribution < -0.4 is 5.73 Å². The fourth-order valence-corrected chi connectivity index (χ4v) is 0.558. The quantitative estimate of drug-likeness (QED) is 0.526. The van der Waals surface area contributed by atoms with E-state index in [9.17, 15) is 0 Å². The number of hydrogen-bond donors (Lipinski definition) is 1. The second kappa shape index (κ2) is 3.50. The van der Waals surface area contributed by atoms with Crippen molar-refractivity contribution in [3.05, 3.63) is 6.92 Å². The Morgan fingerprint density at radius 2 is 2.50 bits per heavy atom. The van der Waals surface area contributed by atoms with E-state index in [1.54, 1.807) is 11.8 Å². The van der Waals surface area contributed by atoms with Crippen LogP contribution in [0.3, 0.4) is 0 Å². The second-order valence-electron chi connectivity index (χ2n) is 1.08. The van der Waals surface area contributed by atoms with Crippen molar-refractivity contribution in [3.8, 4) is 0 Å². The zero-order valence-electron chi connectivity index (χ0n) is 3.98. The SMILES string of the molecule is [CH2]CSC(C)N. The number of hydrogen-bond acceptors (Lipinski definition) is 2. The van der Waals surface area contributed by atoms with Crippen LogP contribution in [0.5, 0.6) is 0 Å². The van der Waals surface area contributed by atoms with E-state index in [4.69, 9.17) is 5.73 Å². The molecule has 0 aromatic rings. The van der Waals surface area contributed by atoms with Crippen LogP contribution in [0.1, 0.15) is 6.92 Å². The molecule has 0 rings (SSSR count). The Balaban J connectivity index is 2.63. The van der Waals surface area contributed by atoms with E-state index in [1.165, 1.54) is 0 Å². The van der Waals surface area contributed by atoms with Crippen molar-refractivity contribution in [1.82, 2.24) is 0 Å². The van der Waals surface area contributed by atoms with Crippen LogP contribution in [0.25, 0.3) is 0 Å². The smallest absolute Gasteiger partial charge is 0.0478 e. The standard InChI is InChI=1S/C4H10NS/c1-3-6-4(2)5/h4H,1,3,5H2,2H3. The van der Waals surface area contributed by atoms with Crippen LogP contribution in [-0.4, -0.2) is 11.1 Å². The van der Waals surface area contributed by atoms with Crippen LogP contribution >= 0.6 is 11.8 Å². The van der Waals surface area contributed by atoms with E-state index in [0.29, 0.717) is 0 Å². The fraction of sp³-hybridized carbons (Fsp3) is 0.750. The first kappa shape index (κ1) is 6.31. The first-order valence-electron chi connectivity index (χ1n) is 1.94. The largest absolute Gasteiger partial charge is 0.320 e. The minimum absolute atomic E-state index is 0.252. The third kappa shape index (κ3) is 4.31. The third-order valence-corrected chi connectivity index (χ3v) is 1.14. The molecule has 0 spiro atoms. The molecule has 1 radical (unpaired) electrons. The van der Waals surface area contributed by atoms with Gasteiger partial charge < -0.3 is 5.73 Å². The molecule has 0 saturated heterocycles. The van der Waals surface area contributed by atoms with E-state index in [1.807, 2.05) is 6.92 Å². The Bertz CT molecular complexity index is 28.7. The Morgan fingerprint density at radius 3 is 2.50 bits per heavy atom. The van der Waals surface area contributed by atoms with E-state index >= 15 is 0 Å². The highest BCUT2D eigenvalue weighted by Crippen LogP contribution is 2.00. The van der Waals surface area contributed by atoms with E-state index in [0.717, 1.165) is 5.75 Å². The highest BCUT2D eigenvalue weighted by Gasteiger charge is 1.85. The molecule has 0 heterocycles. The molecule has 2 heteroatoms. The van der Waals surface area contributed by atoms with Crippen LogP contribution in [0.15, 0.2) is 0 Å². The summed E-state index contributed by atoms with van der Waals surface area (Å²) < 4.78 is 0. The van der Waals surface area contributed by atoms with Crippen molar-refractivity contribution in [1.29, 1.82) is 0 Å². The van der Waals surface area contributed by atoms with Gasteiger partial charge in [-0.1, -0.05) is 0 Å². The predicted molar refractivity (Wildman–Crippen MR) is 31.5 cm³/mol. The summed E-state index contributed by atoms with van der Waals surface area (Å²) in [7, 11) is 0. The van der Waals surface area contributed by atoms with Gasteiger partial charge in [-0.25, -0.2) is 0 Å². The first-order chi connectivity index (χ1) is 2.77. The average molecular weight is 104 g/mol. The average Bonchev–Trinajstić information content (AvgIpc) is 1.35. The molecule has 0 amide bonds. The van der Waals surface area contributed by atoms with Gasteiger partial charge in [0.2, 0.25) is 0 Å². The maximum absolute atomic E-state index is 5.33. The lowest BCUT2D eigenvalue weighted by atomic mass is 10.8. The molecule has 37 valence electrons. The molecule has 1 atom stereocenters. The molecule has 2 N–H and O–H groups in total. The fourth-order valence-electron chi connectivity index (χ4n) is 0.186. The summed E-state index contributed by atoms with van der Waals surface area (Å²) in [6, 6.07) is 0. The lowest BCUT2D eigenvalue weighted by Gasteiger charge is -1.96. The highest BCUT2D eigenvalue weighted by atomic mass is 32.2. The third-order valence-electron chi connectivity index (χ3n) is 0.381. The van der Waals surface area contributed by atoms with Crippen molar-refractivity contribution in [2.24, 2.45) is 5.73 Å². The molecular formula is C4H10NS. The minimum atomic E-state index is 0.252. The molecule has 0 aliphatic heterocycles. The van der Waals surface area contributed by atoms with E-state index < -0.39 is 0 Å². The van der Waals surface area contributed by atoms with Gasteiger partial charge >= 0.3 is 0 Å². The van der Waals surface area contributed by atoms with Crippen LogP contribution in [0, 0.1) is 6.92 Å². The normalized spacial score (nSPS) is 14.5. The molecule has 0 aromatic heterocycles. The number of rotatable bonds is 2. The van der Waals surface area contributed by atoms with Gasteiger partial charge in [0.05, 0.1) is 0 Å². The van der Waals surface area contributed by atoms with Crippen molar-refractivity contribution >= 4 is 11.8 Å². The maximum atomic E-state index is 5.33. The lowest BCUT2D eigenvalue weighted by Crippen LogP contribution is -2.08. The van der Waals surface area contributed by atoms with Crippen molar-refractivity contribution in [2.75, 3.05) is 5.75 Å². The van der Waals surface area contributed by atoms with Crippen molar-refractivity contribution < 1.29 is 0 Å². The molecule has 0 saturated carbocycles. The molecule has 0 aliphatic rings. The molecule has 0 fully saturated rings. The molecule has 6 heavy (non-hydrogen) atoms. The number of thioether (sulfide) groups is 1. The molecule has 0 bridgehead atoms. The summed E-state index contributed by atoms with van der Waals surface area (Å²) in [6.45, 7) is 5.56. The van der Waals surface area contributed by atoms with Crippen LogP contribution in [0.4, 0.5) is 0 Å². The summed E-state index contributed by atoms with van der Waals surface area (Å²) >= 11 is 1.65. The van der Waals surface area contributed by atoms with Gasteiger partial charge in [-0.2, -0.15) is 0 Å². The van der Waals surface area contributed by atoms with Gasteiger partial charge in [-0.3, -0.25) is 0 Å². The summed E-state index contributed by atoms with van der Waals surface area (Å²) in [6.07, 6.45) is 0. The van der Waals surface area contributed by atoms with Crippen LogP contribution in [0.2, 0.25) is 0 Å². The summed E-state index contributed by atoms with van der Waals surface area (Å²) in [4.78, 5) is 0. The molecule has 0 aromatic carbocycles. The summed E-state index contributed by atoms with van der Waals surface area (Å²) in [5.41, 5.74) is 5.33. The number of nitrogens with two attached hydrogens (primary N) is 1. The maximum Gasteiger partial charge on any atom is 0.0478 e. The minimum Gasteiger partial charge on any atom is -0.320 e. The molecular weight excluding hydrogens is 94.1 g/mol. The predicted octanol–water partition coefficient (Wildman–Crippen LogP) is 0.858. The van der Waals surface area contributed by atoms with Gasteiger partial charge in [0.25, 0.3) is 0 Å². The Morgan fingerprint density at radius 1 is 2.00 bits per heavy atom. The van der Waals surface area contributed by atoms with Crippen LogP contribution in [-0.2, 0) is 0 Å². The van der Waals surface area contributed by atoms with Gasteiger partial charge in [0.1, 0.15) is 0 Å². The summed E-state index contributed by atoms with van der Waals surface area (Å²) in [5.74, 6) is 0.873. The lowest BCUT2D eigenvalue weighted by molar-refractivity contribution is 1.05. The second-order valence-corrected chi connectivity index (χ2v) is 2.56. The Kier molecular flexibility index (Phi) is 3.68. The van der Waals surface area contributed by atoms with E-state index in [2.05, 4.69) is 6.92 Å². The zero-order chi connectivity index (χ0) is 4.99. The monoisotopic (exact) mass is 104 g/mol. The van der Waals surface area contributed by atoms with Crippen molar-refractivity contribution in [2.45, 2.75) is 12.3 Å². The van der Waals surface area contributed by atoms with Gasteiger partial charge in [0, 0.05) is 5.37 Å².